The van der Waals surface area contributed by atoms with Crippen molar-refractivity contribution in [2.45, 2.75) is 58.2 Å². The van der Waals surface area contributed by atoms with E-state index in [0.717, 1.165) is 55.9 Å². The van der Waals surface area contributed by atoms with Crippen LogP contribution in [0.4, 0.5) is 0 Å². The maximum Gasteiger partial charge on any atom is 2.00 e. The summed E-state index contributed by atoms with van der Waals surface area (Å²) in [4.78, 5) is 20.3. The van der Waals surface area contributed by atoms with E-state index in [9.17, 15) is 0 Å². The largest absolute Gasteiger partial charge is 2.00 e. The van der Waals surface area contributed by atoms with Gasteiger partial charge in [-0.1, -0.05) is 114 Å². The molecule has 2 aliphatic rings. The van der Waals surface area contributed by atoms with Gasteiger partial charge in [0.1, 0.15) is 32.8 Å². The molecule has 57 heavy (non-hydrogen) atoms. The summed E-state index contributed by atoms with van der Waals surface area (Å²) in [7, 11) is -1.87. The Kier molecular flexibility index (Phi) is 12.6. The Morgan fingerprint density at radius 3 is 1.60 bits per heavy atom. The monoisotopic (exact) mass is 812 g/mol. The summed E-state index contributed by atoms with van der Waals surface area (Å²) in [6.07, 6.45) is 19.2. The van der Waals surface area contributed by atoms with E-state index in [1.807, 2.05) is 78.9 Å². The van der Waals surface area contributed by atoms with Crippen molar-refractivity contribution in [3.63, 3.8) is 0 Å². The molecule has 7 rings (SSSR count). The van der Waals surface area contributed by atoms with Gasteiger partial charge < -0.3 is 19.4 Å². The van der Waals surface area contributed by atoms with Crippen LogP contribution in [-0.4, -0.2) is 31.3 Å². The average Bonchev–Trinajstić information content (AvgIpc) is 4.01. The van der Waals surface area contributed by atoms with Crippen LogP contribution in [0.2, 0.25) is 16.6 Å². The standard InChI is InChI=1S/C49H44N4O2Si.Zn/c1-9-27-54-45-12-11-13-46(55-28-10-2)49(45)48-43-24-20-39(52-43)30-37-18-22-41(50-37)47(42-23-19-38(51-42)31-40-21-25-44(48)53-40)36-16-14-35(15-17-36)26-29-56(32(3)4,33(5)6)34(7)8;/h1-2,11-25,30-34H,27-28H2,3-8H3;/q-2;+2. The first-order valence-electron chi connectivity index (χ1n) is 19.0. The van der Waals surface area contributed by atoms with Crippen LogP contribution in [0.5, 0.6) is 11.5 Å². The summed E-state index contributed by atoms with van der Waals surface area (Å²) >= 11 is 0. The van der Waals surface area contributed by atoms with E-state index in [1.165, 1.54) is 0 Å². The first-order chi connectivity index (χ1) is 27.1. The van der Waals surface area contributed by atoms with E-state index < -0.39 is 8.07 Å². The van der Waals surface area contributed by atoms with Gasteiger partial charge in [-0.3, -0.25) is 0 Å². The third-order valence-corrected chi connectivity index (χ3v) is 16.9. The molecule has 3 aromatic heterocycles. The van der Waals surface area contributed by atoms with E-state index >= 15 is 0 Å². The van der Waals surface area contributed by atoms with Crippen molar-refractivity contribution >= 4 is 54.4 Å². The van der Waals surface area contributed by atoms with Crippen LogP contribution in [0.25, 0.3) is 68.6 Å². The molecule has 0 atom stereocenters. The number of rotatable bonds is 9. The number of terminal acetylenes is 2. The van der Waals surface area contributed by atoms with Crippen molar-refractivity contribution in [3.05, 3.63) is 107 Å². The van der Waals surface area contributed by atoms with Crippen molar-refractivity contribution in [1.29, 1.82) is 0 Å². The Balaban J connectivity index is 0.00000549. The second kappa shape index (κ2) is 17.5. The summed E-state index contributed by atoms with van der Waals surface area (Å²) < 4.78 is 12.1. The molecular weight excluding hydrogens is 770 g/mol. The number of nitrogens with zero attached hydrogens (tertiary/aromatic N) is 4. The number of hydrogen-bond donors (Lipinski definition) is 0. The fraction of sp³-hybridized carbons (Fsp3) is 0.224. The second-order valence-electron chi connectivity index (χ2n) is 14.9. The van der Waals surface area contributed by atoms with Crippen LogP contribution in [0, 0.1) is 36.2 Å². The number of fused-ring (bicyclic) bond motifs is 8. The predicted molar refractivity (Wildman–Crippen MR) is 234 cm³/mol. The van der Waals surface area contributed by atoms with Gasteiger partial charge in [-0.05, 0) is 76.3 Å². The molecule has 0 N–H and O–H groups in total. The third-order valence-electron chi connectivity index (χ3n) is 10.6. The van der Waals surface area contributed by atoms with Crippen molar-refractivity contribution in [2.24, 2.45) is 0 Å². The number of ether oxygens (including phenoxy) is 2. The van der Waals surface area contributed by atoms with Crippen molar-refractivity contribution in [2.75, 3.05) is 13.2 Å². The van der Waals surface area contributed by atoms with Gasteiger partial charge in [-0.15, -0.1) is 40.5 Å². The Hall–Kier alpha value is -5.84. The van der Waals surface area contributed by atoms with Crippen LogP contribution < -0.4 is 19.4 Å². The maximum absolute atomic E-state index is 6.05. The molecule has 5 aromatic rings. The number of benzene rings is 2. The molecule has 0 amide bonds. The van der Waals surface area contributed by atoms with Gasteiger partial charge in [-0.2, -0.15) is 0 Å². The van der Waals surface area contributed by atoms with Crippen LogP contribution in [0.15, 0.2) is 78.9 Å². The molecule has 0 aliphatic carbocycles. The minimum Gasteiger partial charge on any atom is -0.657 e. The van der Waals surface area contributed by atoms with Gasteiger partial charge in [0, 0.05) is 11.1 Å². The predicted octanol–water partition coefficient (Wildman–Crippen LogP) is 10.8. The van der Waals surface area contributed by atoms with Crippen LogP contribution in [-0.2, 0) is 19.5 Å². The van der Waals surface area contributed by atoms with Crippen LogP contribution in [0.1, 0.15) is 69.9 Å². The van der Waals surface area contributed by atoms with Crippen LogP contribution >= 0.6 is 0 Å². The van der Waals surface area contributed by atoms with E-state index in [0.29, 0.717) is 44.9 Å². The Morgan fingerprint density at radius 1 is 0.614 bits per heavy atom. The normalized spacial score (nSPS) is 11.8. The van der Waals surface area contributed by atoms with Gasteiger partial charge in [-0.25, -0.2) is 9.97 Å². The van der Waals surface area contributed by atoms with E-state index in [4.69, 9.17) is 42.3 Å². The molecule has 2 aromatic carbocycles. The Bertz CT molecular complexity index is 2620. The number of hydrogen-bond acceptors (Lipinski definition) is 4. The Labute approximate surface area is 350 Å². The minimum atomic E-state index is -1.87. The zero-order valence-electron chi connectivity index (χ0n) is 33.4. The van der Waals surface area contributed by atoms with E-state index in [-0.39, 0.29) is 32.7 Å². The van der Waals surface area contributed by atoms with Gasteiger partial charge in [0.05, 0.1) is 28.3 Å². The number of aromatic nitrogens is 4. The quantitative estimate of drug-likeness (QED) is 0.107. The first-order valence-corrected chi connectivity index (χ1v) is 21.2. The molecule has 0 spiro atoms. The van der Waals surface area contributed by atoms with Gasteiger partial charge in [0.25, 0.3) is 0 Å². The molecule has 0 saturated carbocycles. The zero-order chi connectivity index (χ0) is 39.4. The molecule has 8 bridgehead atoms. The van der Waals surface area contributed by atoms with Crippen molar-refractivity contribution < 1.29 is 29.0 Å². The molecule has 0 saturated heterocycles. The summed E-state index contributed by atoms with van der Waals surface area (Å²) in [5.41, 5.74) is 16.0. The summed E-state index contributed by atoms with van der Waals surface area (Å²) in [6, 6.07) is 26.0. The van der Waals surface area contributed by atoms with Crippen molar-refractivity contribution in [3.8, 4) is 69.9 Å². The van der Waals surface area contributed by atoms with E-state index in [2.05, 4.69) is 89.1 Å². The topological polar surface area (TPSA) is 72.4 Å². The molecule has 5 heterocycles. The molecule has 0 fully saturated rings. The molecule has 8 heteroatoms. The molecule has 0 unspecified atom stereocenters. The van der Waals surface area contributed by atoms with E-state index in [1.54, 1.807) is 0 Å². The molecule has 278 valence electrons. The minimum absolute atomic E-state index is 0. The first kappa shape index (κ1) is 40.8. The zero-order valence-corrected chi connectivity index (χ0v) is 37.4. The Morgan fingerprint density at radius 2 is 1.11 bits per heavy atom. The summed E-state index contributed by atoms with van der Waals surface area (Å²) in [5.74, 6) is 9.79. The second-order valence-corrected chi connectivity index (χ2v) is 20.5. The van der Waals surface area contributed by atoms with Gasteiger partial charge >= 0.3 is 19.5 Å². The molecule has 6 nitrogen and oxygen atoms in total. The molecule has 2 aliphatic heterocycles. The van der Waals surface area contributed by atoms with Gasteiger partial charge in [0.15, 0.2) is 0 Å². The molecule has 0 radical (unpaired) electrons. The SMILES string of the molecule is C#CCOc1cccc(OCC#C)c1-c1c2nc(cc3ccc([n-]3)c(-c3ccc(C#C[Si](C(C)C)(C(C)C)C(C)C)cc3)c3nc(cc4ccc1[n-]4)C=C3)C=C2.[Zn+2]. The maximum atomic E-state index is 6.05. The summed E-state index contributed by atoms with van der Waals surface area (Å²) in [6.45, 7) is 14.2. The van der Waals surface area contributed by atoms with Gasteiger partial charge in [0.2, 0.25) is 0 Å². The molecular formula is C49H44N4O2SiZn. The van der Waals surface area contributed by atoms with Crippen LogP contribution in [0.3, 0.4) is 0 Å². The summed E-state index contributed by atoms with van der Waals surface area (Å²) in [5, 5.41) is 0. The fourth-order valence-corrected chi connectivity index (χ4v) is 13.3. The third kappa shape index (κ3) is 8.33. The smallest absolute Gasteiger partial charge is 0.657 e. The van der Waals surface area contributed by atoms with Crippen molar-refractivity contribution in [1.82, 2.24) is 19.9 Å². The fourth-order valence-electron chi connectivity index (χ4n) is 8.08. The average molecular weight is 814 g/mol.